The van der Waals surface area contributed by atoms with Gasteiger partial charge in [-0.1, -0.05) is 96.6 Å². The van der Waals surface area contributed by atoms with Gasteiger partial charge < -0.3 is 10.0 Å². The monoisotopic (exact) mass is 443 g/mol. The summed E-state index contributed by atoms with van der Waals surface area (Å²) in [6.07, 6.45) is 7.07. The van der Waals surface area contributed by atoms with E-state index in [1.807, 2.05) is 30.3 Å². The number of fused-ring (bicyclic) bond motifs is 2. The second kappa shape index (κ2) is 10.3. The van der Waals surface area contributed by atoms with Crippen LogP contribution < -0.4 is 0 Å². The Morgan fingerprint density at radius 1 is 0.719 bits per heavy atom. The third kappa shape index (κ3) is 4.73. The quantitative estimate of drug-likeness (QED) is 0.383. The summed E-state index contributed by atoms with van der Waals surface area (Å²) in [5.41, 5.74) is 9.31. The zero-order valence-corrected chi connectivity index (χ0v) is 19.1. The zero-order valence-electron chi connectivity index (χ0n) is 18.3. The van der Waals surface area contributed by atoms with Gasteiger partial charge in [-0.25, -0.2) is 0 Å². The Morgan fingerprint density at radius 3 is 1.84 bits per heavy atom. The van der Waals surface area contributed by atoms with Crippen LogP contribution in [0.2, 0.25) is 0 Å². The van der Waals surface area contributed by atoms with E-state index in [4.69, 9.17) is 0 Å². The van der Waals surface area contributed by atoms with Gasteiger partial charge in [-0.3, -0.25) is 0 Å². The molecule has 32 heavy (non-hydrogen) atoms. The highest BCUT2D eigenvalue weighted by Crippen LogP contribution is 2.38. The van der Waals surface area contributed by atoms with Crippen LogP contribution in [0.5, 0.6) is 0 Å². The second-order valence-corrected chi connectivity index (χ2v) is 8.54. The molecule has 1 aliphatic carbocycles. The molecule has 1 saturated heterocycles. The van der Waals surface area contributed by atoms with Crippen LogP contribution in [0, 0.1) is 0 Å². The summed E-state index contributed by atoms with van der Waals surface area (Å²) < 4.78 is 0. The molecule has 3 heteroatoms. The standard InChI is InChI=1S/C29H29NO.ClH/c31-28(24-10-2-1-3-11-24)18-21-30-19-16-25(17-20-30)29-26-12-6-4-8-22(26)14-15-23-9-5-7-13-27(23)29;/h1-15,28,31H,16-21H2;1H. The molecule has 0 amide bonds. The van der Waals surface area contributed by atoms with Crippen LogP contribution in [0.25, 0.3) is 17.7 Å². The number of hydrogen-bond donors (Lipinski definition) is 1. The first-order valence-electron chi connectivity index (χ1n) is 11.3. The Morgan fingerprint density at radius 2 is 1.25 bits per heavy atom. The van der Waals surface area contributed by atoms with E-state index in [1.54, 1.807) is 5.57 Å². The first-order chi connectivity index (χ1) is 15.3. The highest BCUT2D eigenvalue weighted by molar-refractivity contribution is 5.94. The van der Waals surface area contributed by atoms with Gasteiger partial charge in [0.25, 0.3) is 0 Å². The SMILES string of the molecule is Cl.OC(CCN1CCC(=C2c3ccccc3C=Cc3ccccc32)CC1)c1ccccc1. The minimum atomic E-state index is -0.382. The number of piperidine rings is 1. The molecule has 1 fully saturated rings. The Kier molecular flexibility index (Phi) is 7.26. The molecule has 0 radical (unpaired) electrons. The fourth-order valence-electron chi connectivity index (χ4n) is 4.89. The van der Waals surface area contributed by atoms with Crippen molar-refractivity contribution in [2.75, 3.05) is 19.6 Å². The van der Waals surface area contributed by atoms with Crippen LogP contribution in [0.15, 0.2) is 84.4 Å². The number of aliphatic hydroxyl groups excluding tert-OH is 1. The normalized spacial score (nSPS) is 16.5. The average molecular weight is 444 g/mol. The van der Waals surface area contributed by atoms with Crippen molar-refractivity contribution in [3.8, 4) is 0 Å². The number of halogens is 1. The molecule has 1 N–H and O–H groups in total. The summed E-state index contributed by atoms with van der Waals surface area (Å²) in [6, 6.07) is 27.6. The molecule has 0 aromatic heterocycles. The van der Waals surface area contributed by atoms with Gasteiger partial charge in [0.1, 0.15) is 0 Å². The van der Waals surface area contributed by atoms with Crippen molar-refractivity contribution in [2.24, 2.45) is 0 Å². The molecule has 1 aliphatic heterocycles. The summed E-state index contributed by atoms with van der Waals surface area (Å²) in [6.45, 7) is 3.05. The van der Waals surface area contributed by atoms with Gasteiger partial charge in [0, 0.05) is 19.6 Å². The fourth-order valence-corrected chi connectivity index (χ4v) is 4.89. The van der Waals surface area contributed by atoms with E-state index in [0.717, 1.165) is 44.5 Å². The number of rotatable bonds is 4. The molecule has 0 spiro atoms. The van der Waals surface area contributed by atoms with E-state index in [1.165, 1.54) is 27.8 Å². The van der Waals surface area contributed by atoms with Gasteiger partial charge in [0.05, 0.1) is 6.10 Å². The molecular weight excluding hydrogens is 414 g/mol. The van der Waals surface area contributed by atoms with E-state index in [-0.39, 0.29) is 18.5 Å². The van der Waals surface area contributed by atoms with Crippen LogP contribution in [-0.4, -0.2) is 29.6 Å². The topological polar surface area (TPSA) is 23.5 Å². The van der Waals surface area contributed by atoms with Crippen molar-refractivity contribution in [1.82, 2.24) is 4.90 Å². The molecule has 0 saturated carbocycles. The van der Waals surface area contributed by atoms with Crippen molar-refractivity contribution in [1.29, 1.82) is 0 Å². The van der Waals surface area contributed by atoms with Crippen LogP contribution in [0.3, 0.4) is 0 Å². The lowest BCUT2D eigenvalue weighted by molar-refractivity contribution is 0.139. The predicted molar refractivity (Wildman–Crippen MR) is 137 cm³/mol. The Balaban J connectivity index is 0.00000245. The van der Waals surface area contributed by atoms with Crippen molar-refractivity contribution in [3.63, 3.8) is 0 Å². The van der Waals surface area contributed by atoms with Gasteiger partial charge >= 0.3 is 0 Å². The molecule has 164 valence electrons. The molecular formula is C29H30ClNO. The lowest BCUT2D eigenvalue weighted by atomic mass is 9.86. The number of hydrogen-bond acceptors (Lipinski definition) is 2. The molecule has 3 aromatic rings. The largest absolute Gasteiger partial charge is 0.388 e. The third-order valence-electron chi connectivity index (χ3n) is 6.62. The molecule has 1 heterocycles. The van der Waals surface area contributed by atoms with Crippen LogP contribution in [0.1, 0.15) is 53.2 Å². The molecule has 2 aliphatic rings. The maximum atomic E-state index is 10.5. The summed E-state index contributed by atoms with van der Waals surface area (Å²) in [4.78, 5) is 2.50. The highest BCUT2D eigenvalue weighted by atomic mass is 35.5. The average Bonchev–Trinajstić information content (AvgIpc) is 3.00. The maximum Gasteiger partial charge on any atom is 0.0802 e. The Bertz CT molecular complexity index is 1060. The highest BCUT2D eigenvalue weighted by Gasteiger charge is 2.22. The molecule has 2 nitrogen and oxygen atoms in total. The van der Waals surface area contributed by atoms with E-state index in [9.17, 15) is 5.11 Å². The van der Waals surface area contributed by atoms with Gasteiger partial charge in [-0.05, 0) is 52.7 Å². The van der Waals surface area contributed by atoms with Crippen LogP contribution in [0.4, 0.5) is 0 Å². The van der Waals surface area contributed by atoms with Gasteiger partial charge in [0.15, 0.2) is 0 Å². The number of likely N-dealkylation sites (tertiary alicyclic amines) is 1. The minimum absolute atomic E-state index is 0. The molecule has 1 atom stereocenters. The number of nitrogens with zero attached hydrogens (tertiary/aromatic N) is 1. The van der Waals surface area contributed by atoms with E-state index < -0.39 is 0 Å². The summed E-state index contributed by atoms with van der Waals surface area (Å²) in [7, 11) is 0. The summed E-state index contributed by atoms with van der Waals surface area (Å²) in [5, 5.41) is 10.5. The van der Waals surface area contributed by atoms with E-state index >= 15 is 0 Å². The number of benzene rings is 3. The lowest BCUT2D eigenvalue weighted by Crippen LogP contribution is -2.32. The van der Waals surface area contributed by atoms with Gasteiger partial charge in [0.2, 0.25) is 0 Å². The van der Waals surface area contributed by atoms with Crippen LogP contribution >= 0.6 is 12.4 Å². The fraction of sp³-hybridized carbons (Fsp3) is 0.241. The predicted octanol–water partition coefficient (Wildman–Crippen LogP) is 6.61. The smallest absolute Gasteiger partial charge is 0.0802 e. The van der Waals surface area contributed by atoms with Crippen LogP contribution in [-0.2, 0) is 0 Å². The lowest BCUT2D eigenvalue weighted by Gasteiger charge is -2.31. The van der Waals surface area contributed by atoms with E-state index in [0.29, 0.717) is 0 Å². The molecule has 1 unspecified atom stereocenters. The molecule has 5 rings (SSSR count). The first-order valence-corrected chi connectivity index (χ1v) is 11.3. The Labute approximate surface area is 197 Å². The molecule has 3 aromatic carbocycles. The first kappa shape index (κ1) is 22.5. The zero-order chi connectivity index (χ0) is 21.0. The number of aliphatic hydroxyl groups is 1. The van der Waals surface area contributed by atoms with Gasteiger partial charge in [-0.2, -0.15) is 0 Å². The minimum Gasteiger partial charge on any atom is -0.388 e. The third-order valence-corrected chi connectivity index (χ3v) is 6.62. The summed E-state index contributed by atoms with van der Waals surface area (Å²) >= 11 is 0. The Hall–Kier alpha value is -2.65. The van der Waals surface area contributed by atoms with Crippen molar-refractivity contribution in [3.05, 3.63) is 112 Å². The van der Waals surface area contributed by atoms with Crippen molar-refractivity contribution in [2.45, 2.75) is 25.4 Å². The molecule has 0 bridgehead atoms. The second-order valence-electron chi connectivity index (χ2n) is 8.54. The van der Waals surface area contributed by atoms with Crippen molar-refractivity contribution >= 4 is 30.1 Å². The van der Waals surface area contributed by atoms with E-state index in [2.05, 4.69) is 65.6 Å². The van der Waals surface area contributed by atoms with Crippen molar-refractivity contribution < 1.29 is 5.11 Å². The summed E-state index contributed by atoms with van der Waals surface area (Å²) in [5.74, 6) is 0. The maximum absolute atomic E-state index is 10.5. The van der Waals surface area contributed by atoms with Gasteiger partial charge in [-0.15, -0.1) is 12.4 Å².